The standard InChI is InChI=1S/C12H17N7O2/c1-6(2)9(11(20)21)8(10-16-18-19-17-10)3-7-4-14-12(13)15-5-7/h4-6,8-9H,3H2,1-2H3,(H,20,21)(H2,13,14,15)(H,16,17,18,19)/t8-,9?/m0/s1. The Morgan fingerprint density at radius 3 is 2.52 bits per heavy atom. The molecule has 0 fully saturated rings. The van der Waals surface area contributed by atoms with Gasteiger partial charge in [-0.2, -0.15) is 5.21 Å². The van der Waals surface area contributed by atoms with E-state index in [-0.39, 0.29) is 11.9 Å². The molecule has 21 heavy (non-hydrogen) atoms. The molecule has 0 spiro atoms. The molecule has 2 rings (SSSR count). The summed E-state index contributed by atoms with van der Waals surface area (Å²) in [4.78, 5) is 19.4. The van der Waals surface area contributed by atoms with E-state index < -0.39 is 17.8 Å². The first-order chi connectivity index (χ1) is 9.99. The lowest BCUT2D eigenvalue weighted by molar-refractivity contribution is -0.144. The lowest BCUT2D eigenvalue weighted by Gasteiger charge is -2.24. The predicted octanol–water partition coefficient (Wildman–Crippen LogP) is 0.255. The van der Waals surface area contributed by atoms with Crippen LogP contribution in [0.25, 0.3) is 0 Å². The Labute approximate surface area is 121 Å². The van der Waals surface area contributed by atoms with Crippen LogP contribution >= 0.6 is 0 Å². The van der Waals surface area contributed by atoms with Gasteiger partial charge in [0.25, 0.3) is 0 Å². The molecule has 2 aromatic rings. The molecule has 9 nitrogen and oxygen atoms in total. The number of nitrogen functional groups attached to an aromatic ring is 1. The van der Waals surface area contributed by atoms with Crippen molar-refractivity contribution in [2.75, 3.05) is 5.73 Å². The predicted molar refractivity (Wildman–Crippen MR) is 73.0 cm³/mol. The fraction of sp³-hybridized carbons (Fsp3) is 0.500. The molecule has 2 heterocycles. The van der Waals surface area contributed by atoms with E-state index in [0.29, 0.717) is 12.2 Å². The largest absolute Gasteiger partial charge is 0.481 e. The molecule has 0 bridgehead atoms. The highest BCUT2D eigenvalue weighted by Gasteiger charge is 2.35. The molecule has 2 aromatic heterocycles. The highest BCUT2D eigenvalue weighted by Crippen LogP contribution is 2.31. The van der Waals surface area contributed by atoms with E-state index in [1.165, 1.54) is 0 Å². The smallest absolute Gasteiger partial charge is 0.307 e. The number of hydrogen-bond donors (Lipinski definition) is 3. The van der Waals surface area contributed by atoms with E-state index in [1.807, 2.05) is 13.8 Å². The average molecular weight is 291 g/mol. The van der Waals surface area contributed by atoms with Crippen molar-refractivity contribution < 1.29 is 9.90 Å². The summed E-state index contributed by atoms with van der Waals surface area (Å²) in [7, 11) is 0. The zero-order valence-electron chi connectivity index (χ0n) is 11.8. The van der Waals surface area contributed by atoms with E-state index in [1.54, 1.807) is 12.4 Å². The number of carboxylic acids is 1. The van der Waals surface area contributed by atoms with Gasteiger partial charge in [0, 0.05) is 18.3 Å². The maximum Gasteiger partial charge on any atom is 0.307 e. The molecule has 0 aliphatic heterocycles. The molecule has 0 radical (unpaired) electrons. The molecule has 4 N–H and O–H groups in total. The van der Waals surface area contributed by atoms with Gasteiger partial charge in [-0.25, -0.2) is 9.97 Å². The van der Waals surface area contributed by atoms with Crippen LogP contribution in [0.2, 0.25) is 0 Å². The summed E-state index contributed by atoms with van der Waals surface area (Å²) in [6, 6.07) is 0. The van der Waals surface area contributed by atoms with Crippen LogP contribution in [-0.2, 0) is 11.2 Å². The van der Waals surface area contributed by atoms with Gasteiger partial charge in [-0.15, -0.1) is 10.2 Å². The van der Waals surface area contributed by atoms with Crippen LogP contribution in [0.15, 0.2) is 12.4 Å². The van der Waals surface area contributed by atoms with Crippen molar-refractivity contribution in [3.8, 4) is 0 Å². The summed E-state index contributed by atoms with van der Waals surface area (Å²) in [6.45, 7) is 3.71. The van der Waals surface area contributed by atoms with Crippen LogP contribution in [0, 0.1) is 11.8 Å². The molecule has 0 saturated heterocycles. The number of nitrogens with two attached hydrogens (primary N) is 1. The summed E-state index contributed by atoms with van der Waals surface area (Å²) in [5, 5.41) is 23.3. The van der Waals surface area contributed by atoms with E-state index in [9.17, 15) is 9.90 Å². The quantitative estimate of drug-likeness (QED) is 0.687. The number of tetrazole rings is 1. The normalized spacial score (nSPS) is 14.0. The Balaban J connectivity index is 2.32. The van der Waals surface area contributed by atoms with Crippen LogP contribution < -0.4 is 5.73 Å². The Hall–Kier alpha value is -2.58. The summed E-state index contributed by atoms with van der Waals surface area (Å²) < 4.78 is 0. The summed E-state index contributed by atoms with van der Waals surface area (Å²) in [5.41, 5.74) is 6.22. The van der Waals surface area contributed by atoms with E-state index >= 15 is 0 Å². The van der Waals surface area contributed by atoms with Crippen molar-refractivity contribution in [2.45, 2.75) is 26.2 Å². The minimum Gasteiger partial charge on any atom is -0.481 e. The minimum atomic E-state index is -0.892. The molecule has 0 saturated carbocycles. The van der Waals surface area contributed by atoms with Crippen LogP contribution in [-0.4, -0.2) is 41.7 Å². The number of hydrogen-bond acceptors (Lipinski definition) is 7. The number of rotatable bonds is 6. The molecule has 2 atom stereocenters. The van der Waals surface area contributed by atoms with Crippen LogP contribution in [0.3, 0.4) is 0 Å². The molecule has 0 aromatic carbocycles. The lowest BCUT2D eigenvalue weighted by atomic mass is 9.80. The number of aromatic nitrogens is 6. The number of aromatic amines is 1. The molecular weight excluding hydrogens is 274 g/mol. The molecule has 112 valence electrons. The van der Waals surface area contributed by atoms with E-state index in [2.05, 4.69) is 30.6 Å². The molecule has 0 amide bonds. The van der Waals surface area contributed by atoms with Crippen molar-refractivity contribution >= 4 is 11.9 Å². The summed E-state index contributed by atoms with van der Waals surface area (Å²) >= 11 is 0. The van der Waals surface area contributed by atoms with Crippen LogP contribution in [0.5, 0.6) is 0 Å². The van der Waals surface area contributed by atoms with Gasteiger partial charge in [-0.3, -0.25) is 4.79 Å². The van der Waals surface area contributed by atoms with Crippen molar-refractivity contribution in [1.82, 2.24) is 30.6 Å². The van der Waals surface area contributed by atoms with Gasteiger partial charge in [0.2, 0.25) is 5.95 Å². The molecule has 1 unspecified atom stereocenters. The van der Waals surface area contributed by atoms with Gasteiger partial charge in [-0.05, 0) is 17.9 Å². The van der Waals surface area contributed by atoms with Crippen LogP contribution in [0.4, 0.5) is 5.95 Å². The lowest BCUT2D eigenvalue weighted by Crippen LogP contribution is -2.29. The zero-order valence-corrected chi connectivity index (χ0v) is 11.8. The number of carboxylic acid groups (broad SMARTS) is 1. The third kappa shape index (κ3) is 3.50. The van der Waals surface area contributed by atoms with Gasteiger partial charge in [0.05, 0.1) is 5.92 Å². The second-order valence-corrected chi connectivity index (χ2v) is 5.14. The monoisotopic (exact) mass is 291 g/mol. The number of carbonyl (C=O) groups is 1. The Kier molecular flexibility index (Phi) is 4.41. The van der Waals surface area contributed by atoms with Gasteiger partial charge < -0.3 is 10.8 Å². The Bertz CT molecular complexity index is 582. The maximum absolute atomic E-state index is 11.6. The van der Waals surface area contributed by atoms with Crippen molar-refractivity contribution in [3.05, 3.63) is 23.8 Å². The first-order valence-corrected chi connectivity index (χ1v) is 6.51. The van der Waals surface area contributed by atoms with Gasteiger partial charge in [-0.1, -0.05) is 19.1 Å². The third-order valence-electron chi connectivity index (χ3n) is 3.31. The number of nitrogens with one attached hydrogen (secondary N) is 1. The first kappa shape index (κ1) is 14.8. The van der Waals surface area contributed by atoms with E-state index in [4.69, 9.17) is 5.73 Å². The van der Waals surface area contributed by atoms with Crippen molar-refractivity contribution in [2.24, 2.45) is 11.8 Å². The van der Waals surface area contributed by atoms with Gasteiger partial charge in [0.1, 0.15) is 0 Å². The van der Waals surface area contributed by atoms with Crippen molar-refractivity contribution in [3.63, 3.8) is 0 Å². The highest BCUT2D eigenvalue weighted by atomic mass is 16.4. The van der Waals surface area contributed by atoms with E-state index in [0.717, 1.165) is 5.56 Å². The third-order valence-corrected chi connectivity index (χ3v) is 3.31. The molecular formula is C12H17N7O2. The van der Waals surface area contributed by atoms with Gasteiger partial charge >= 0.3 is 5.97 Å². The Morgan fingerprint density at radius 1 is 1.38 bits per heavy atom. The second kappa shape index (κ2) is 6.25. The second-order valence-electron chi connectivity index (χ2n) is 5.14. The average Bonchev–Trinajstić information content (AvgIpc) is 2.93. The molecule has 0 aliphatic rings. The highest BCUT2D eigenvalue weighted by molar-refractivity contribution is 5.71. The first-order valence-electron chi connectivity index (χ1n) is 6.51. The summed E-state index contributed by atoms with van der Waals surface area (Å²) in [5.74, 6) is -1.49. The zero-order chi connectivity index (χ0) is 15.4. The maximum atomic E-state index is 11.6. The summed E-state index contributed by atoms with van der Waals surface area (Å²) in [6.07, 6.45) is 3.55. The number of aliphatic carboxylic acids is 1. The number of anilines is 1. The molecule has 9 heteroatoms. The number of nitrogens with zero attached hydrogens (tertiary/aromatic N) is 5. The minimum absolute atomic E-state index is 0.0827. The van der Waals surface area contributed by atoms with Crippen LogP contribution in [0.1, 0.15) is 31.2 Å². The SMILES string of the molecule is CC(C)C(C(=O)O)[C@H](Cc1cnc(N)nc1)c1nn[nH]n1. The fourth-order valence-corrected chi connectivity index (χ4v) is 2.35. The Morgan fingerprint density at radius 2 is 2.05 bits per heavy atom. The number of H-pyrrole nitrogens is 1. The topological polar surface area (TPSA) is 144 Å². The fourth-order valence-electron chi connectivity index (χ4n) is 2.35. The molecule has 0 aliphatic carbocycles. The van der Waals surface area contributed by atoms with Crippen molar-refractivity contribution in [1.29, 1.82) is 0 Å². The van der Waals surface area contributed by atoms with Gasteiger partial charge in [0.15, 0.2) is 5.82 Å².